The molecule has 0 aliphatic rings. The van der Waals surface area contributed by atoms with Crippen LogP contribution in [-0.2, 0) is 7.05 Å². The predicted molar refractivity (Wildman–Crippen MR) is 126 cm³/mol. The molecule has 4 aromatic rings. The molecule has 0 spiro atoms. The van der Waals surface area contributed by atoms with Gasteiger partial charge in [0.2, 0.25) is 0 Å². The maximum atomic E-state index is 13.2. The lowest BCUT2D eigenvalue weighted by atomic mass is 10.1. The number of para-hydroxylation sites is 2. The van der Waals surface area contributed by atoms with E-state index in [-0.39, 0.29) is 17.2 Å². The van der Waals surface area contributed by atoms with Crippen molar-refractivity contribution in [2.75, 3.05) is 17.7 Å². The van der Waals surface area contributed by atoms with Gasteiger partial charge in [-0.05, 0) is 55.5 Å². The lowest BCUT2D eigenvalue weighted by Gasteiger charge is -2.12. The molecule has 3 aromatic carbocycles. The minimum atomic E-state index is -0.368. The highest BCUT2D eigenvalue weighted by molar-refractivity contribution is 6.08. The fourth-order valence-corrected chi connectivity index (χ4v) is 3.51. The predicted octanol–water partition coefficient (Wildman–Crippen LogP) is 4.49. The number of carbonyl (C=O) groups excluding carboxylic acids is 1. The van der Waals surface area contributed by atoms with Crippen molar-refractivity contribution in [3.05, 3.63) is 100 Å². The van der Waals surface area contributed by atoms with E-state index in [1.54, 1.807) is 37.9 Å². The van der Waals surface area contributed by atoms with Crippen molar-refractivity contribution in [2.45, 2.75) is 6.92 Å². The number of carbonyl (C=O) groups is 1. The summed E-state index contributed by atoms with van der Waals surface area (Å²) < 4.78 is 8.45. The molecular formula is C25H24N4O3. The summed E-state index contributed by atoms with van der Waals surface area (Å²) in [6.45, 7) is 1.80. The first-order chi connectivity index (χ1) is 15.5. The number of methoxy groups -OCH3 is 1. The number of hydrogen-bond donors (Lipinski definition) is 2. The quantitative estimate of drug-likeness (QED) is 0.474. The van der Waals surface area contributed by atoms with Gasteiger partial charge in [-0.15, -0.1) is 0 Å². The van der Waals surface area contributed by atoms with Crippen LogP contribution < -0.4 is 20.9 Å². The van der Waals surface area contributed by atoms with Crippen LogP contribution in [0.15, 0.2) is 83.7 Å². The monoisotopic (exact) mass is 428 g/mol. The van der Waals surface area contributed by atoms with Gasteiger partial charge in [-0.1, -0.05) is 30.3 Å². The molecule has 0 unspecified atom stereocenters. The zero-order chi connectivity index (χ0) is 22.7. The number of rotatable bonds is 6. The van der Waals surface area contributed by atoms with E-state index in [9.17, 15) is 9.59 Å². The second-order valence-electron chi connectivity index (χ2n) is 7.29. The first-order valence-electron chi connectivity index (χ1n) is 10.1. The summed E-state index contributed by atoms with van der Waals surface area (Å²) in [6.07, 6.45) is 0. The van der Waals surface area contributed by atoms with Gasteiger partial charge in [-0.25, -0.2) is 4.68 Å². The van der Waals surface area contributed by atoms with Gasteiger partial charge in [0.1, 0.15) is 11.4 Å². The van der Waals surface area contributed by atoms with Crippen molar-refractivity contribution in [3.8, 4) is 11.4 Å². The molecule has 0 radical (unpaired) electrons. The van der Waals surface area contributed by atoms with E-state index in [0.717, 1.165) is 17.1 Å². The Balaban J connectivity index is 1.64. The third kappa shape index (κ3) is 4.00. The topological polar surface area (TPSA) is 77.3 Å². The lowest BCUT2D eigenvalue weighted by molar-refractivity contribution is 0.102. The summed E-state index contributed by atoms with van der Waals surface area (Å²) in [6, 6.07) is 23.9. The van der Waals surface area contributed by atoms with Crippen molar-refractivity contribution >= 4 is 23.0 Å². The van der Waals surface area contributed by atoms with Crippen LogP contribution in [0.25, 0.3) is 5.69 Å². The molecular weight excluding hydrogens is 404 g/mol. The molecule has 0 fully saturated rings. The van der Waals surface area contributed by atoms with E-state index in [1.165, 1.54) is 4.68 Å². The molecule has 0 bridgehead atoms. The van der Waals surface area contributed by atoms with Crippen LogP contribution in [0, 0.1) is 6.92 Å². The van der Waals surface area contributed by atoms with Gasteiger partial charge in [0.05, 0.1) is 29.7 Å². The summed E-state index contributed by atoms with van der Waals surface area (Å²) in [7, 11) is 3.40. The maximum absolute atomic E-state index is 13.2. The van der Waals surface area contributed by atoms with Crippen LogP contribution in [-0.4, -0.2) is 22.4 Å². The van der Waals surface area contributed by atoms with Gasteiger partial charge in [0.25, 0.3) is 11.5 Å². The number of ether oxygens (including phenoxy) is 1. The summed E-state index contributed by atoms with van der Waals surface area (Å²) in [5, 5.41) is 6.07. The highest BCUT2D eigenvalue weighted by Crippen LogP contribution is 2.24. The SMILES string of the molecule is COc1ccc(Nc2ccccc2C(=O)Nc2c(C)n(C)n(-c3ccccc3)c2=O)cc1. The minimum Gasteiger partial charge on any atom is -0.497 e. The number of anilines is 3. The fourth-order valence-electron chi connectivity index (χ4n) is 3.51. The number of benzene rings is 3. The number of hydrogen-bond acceptors (Lipinski definition) is 4. The van der Waals surface area contributed by atoms with E-state index >= 15 is 0 Å². The van der Waals surface area contributed by atoms with E-state index in [0.29, 0.717) is 16.9 Å². The Kier molecular flexibility index (Phi) is 5.81. The number of amides is 1. The van der Waals surface area contributed by atoms with Gasteiger partial charge < -0.3 is 15.4 Å². The molecule has 1 heterocycles. The summed E-state index contributed by atoms with van der Waals surface area (Å²) in [5.41, 5.74) is 3.22. The number of nitrogens with one attached hydrogen (secondary N) is 2. The molecule has 0 saturated heterocycles. The van der Waals surface area contributed by atoms with Gasteiger partial charge in [0, 0.05) is 12.7 Å². The molecule has 4 rings (SSSR count). The van der Waals surface area contributed by atoms with Crippen LogP contribution in [0.4, 0.5) is 17.1 Å². The zero-order valence-corrected chi connectivity index (χ0v) is 18.1. The summed E-state index contributed by atoms with van der Waals surface area (Å²) in [4.78, 5) is 26.3. The van der Waals surface area contributed by atoms with Crippen LogP contribution in [0.3, 0.4) is 0 Å². The van der Waals surface area contributed by atoms with Crippen LogP contribution in [0.2, 0.25) is 0 Å². The van der Waals surface area contributed by atoms with E-state index in [4.69, 9.17) is 4.74 Å². The van der Waals surface area contributed by atoms with E-state index in [1.807, 2.05) is 66.7 Å². The molecule has 7 nitrogen and oxygen atoms in total. The van der Waals surface area contributed by atoms with Gasteiger partial charge in [-0.3, -0.25) is 14.3 Å². The Morgan fingerprint density at radius 3 is 2.25 bits per heavy atom. The van der Waals surface area contributed by atoms with Gasteiger partial charge in [-0.2, -0.15) is 0 Å². The van der Waals surface area contributed by atoms with Crippen molar-refractivity contribution < 1.29 is 9.53 Å². The Labute approximate surface area is 185 Å². The van der Waals surface area contributed by atoms with Crippen molar-refractivity contribution in [3.63, 3.8) is 0 Å². The van der Waals surface area contributed by atoms with Gasteiger partial charge >= 0.3 is 0 Å². The zero-order valence-electron chi connectivity index (χ0n) is 18.1. The Morgan fingerprint density at radius 2 is 1.56 bits per heavy atom. The minimum absolute atomic E-state index is 0.251. The second kappa shape index (κ2) is 8.85. The normalized spacial score (nSPS) is 10.6. The molecule has 0 atom stereocenters. The molecule has 0 aliphatic carbocycles. The molecule has 162 valence electrons. The highest BCUT2D eigenvalue weighted by atomic mass is 16.5. The van der Waals surface area contributed by atoms with Crippen LogP contribution in [0.1, 0.15) is 16.1 Å². The Hall–Kier alpha value is -4.26. The molecule has 1 amide bonds. The smallest absolute Gasteiger partial charge is 0.295 e. The first-order valence-corrected chi connectivity index (χ1v) is 10.1. The molecule has 2 N–H and O–H groups in total. The van der Waals surface area contributed by atoms with Crippen molar-refractivity contribution in [1.82, 2.24) is 9.36 Å². The average Bonchev–Trinajstić information content (AvgIpc) is 3.03. The van der Waals surface area contributed by atoms with Gasteiger partial charge in [0.15, 0.2) is 0 Å². The molecule has 0 saturated carbocycles. The largest absolute Gasteiger partial charge is 0.497 e. The maximum Gasteiger partial charge on any atom is 0.295 e. The molecule has 7 heteroatoms. The highest BCUT2D eigenvalue weighted by Gasteiger charge is 2.20. The second-order valence-corrected chi connectivity index (χ2v) is 7.29. The lowest BCUT2D eigenvalue weighted by Crippen LogP contribution is -2.23. The average molecular weight is 428 g/mol. The van der Waals surface area contributed by atoms with Crippen molar-refractivity contribution in [2.24, 2.45) is 7.05 Å². The number of aromatic nitrogens is 2. The number of nitrogens with zero attached hydrogens (tertiary/aromatic N) is 2. The summed E-state index contributed by atoms with van der Waals surface area (Å²) in [5.74, 6) is 0.378. The molecule has 32 heavy (non-hydrogen) atoms. The van der Waals surface area contributed by atoms with E-state index < -0.39 is 0 Å². The summed E-state index contributed by atoms with van der Waals surface area (Å²) >= 11 is 0. The third-order valence-electron chi connectivity index (χ3n) is 5.33. The van der Waals surface area contributed by atoms with E-state index in [2.05, 4.69) is 10.6 Å². The molecule has 0 aliphatic heterocycles. The Bertz CT molecular complexity index is 1310. The first kappa shape index (κ1) is 21.0. The standard InChI is InChI=1S/C25H24N4O3/c1-17-23(25(31)29(28(17)2)19-9-5-4-6-10-19)27-24(30)21-11-7-8-12-22(21)26-18-13-15-20(32-3)16-14-18/h4-16,26H,1-3H3,(H,27,30). The fraction of sp³-hybridized carbons (Fsp3) is 0.120. The third-order valence-corrected chi connectivity index (χ3v) is 5.33. The Morgan fingerprint density at radius 1 is 0.906 bits per heavy atom. The van der Waals surface area contributed by atoms with Crippen LogP contribution >= 0.6 is 0 Å². The van der Waals surface area contributed by atoms with Crippen LogP contribution in [0.5, 0.6) is 5.75 Å². The molecule has 1 aromatic heterocycles. The van der Waals surface area contributed by atoms with Crippen molar-refractivity contribution in [1.29, 1.82) is 0 Å².